The number of aliphatic hydroxyl groups is 1. The Balaban J connectivity index is 2.51. The molecule has 0 spiro atoms. The average molecular weight is 315 g/mol. The summed E-state index contributed by atoms with van der Waals surface area (Å²) in [5.74, 6) is 0. The van der Waals surface area contributed by atoms with Crippen molar-refractivity contribution in [3.05, 3.63) is 34.9 Å². The topological polar surface area (TPSA) is 44.7 Å². The number of halogens is 1. The van der Waals surface area contributed by atoms with Crippen LogP contribution in [0.25, 0.3) is 0 Å². The summed E-state index contributed by atoms with van der Waals surface area (Å²) in [6, 6.07) is 8.25. The largest absolute Gasteiger partial charge is 0.389 e. The smallest absolute Gasteiger partial charge is 0.0899 e. The van der Waals surface area contributed by atoms with Crippen LogP contribution in [-0.2, 0) is 4.74 Å². The molecular weight excluding hydrogens is 288 g/mol. The van der Waals surface area contributed by atoms with E-state index >= 15 is 0 Å². The first-order chi connectivity index (χ1) is 10.1. The first-order valence-corrected chi connectivity index (χ1v) is 7.79. The number of nitrogens with zero attached hydrogens (tertiary/aromatic N) is 1. The number of nitrogens with one attached hydrogen (secondary N) is 1. The number of methoxy groups -OCH3 is 1. The van der Waals surface area contributed by atoms with Crippen molar-refractivity contribution in [2.45, 2.75) is 25.5 Å². The number of hydrogen-bond donors (Lipinski definition) is 2. The Morgan fingerprint density at radius 1 is 1.43 bits per heavy atom. The zero-order valence-corrected chi connectivity index (χ0v) is 13.9. The van der Waals surface area contributed by atoms with Gasteiger partial charge in [0, 0.05) is 24.7 Å². The van der Waals surface area contributed by atoms with Crippen molar-refractivity contribution in [3.63, 3.8) is 0 Å². The fourth-order valence-electron chi connectivity index (χ4n) is 2.40. The van der Waals surface area contributed by atoms with Gasteiger partial charge in [0.15, 0.2) is 0 Å². The normalized spacial score (nSPS) is 14.4. The Morgan fingerprint density at radius 3 is 2.81 bits per heavy atom. The number of ether oxygens (including phenoxy) is 1. The number of likely N-dealkylation sites (N-methyl/N-ethyl adjacent to an activating group) is 1. The van der Waals surface area contributed by atoms with Gasteiger partial charge >= 0.3 is 0 Å². The maximum Gasteiger partial charge on any atom is 0.0899 e. The van der Waals surface area contributed by atoms with Crippen molar-refractivity contribution in [2.75, 3.05) is 40.4 Å². The molecule has 0 bridgehead atoms. The van der Waals surface area contributed by atoms with E-state index in [1.807, 2.05) is 25.2 Å². The minimum absolute atomic E-state index is 0.274. The van der Waals surface area contributed by atoms with Crippen LogP contribution >= 0.6 is 11.6 Å². The summed E-state index contributed by atoms with van der Waals surface area (Å²) < 4.78 is 4.95. The molecule has 0 heterocycles. The molecule has 21 heavy (non-hydrogen) atoms. The first-order valence-electron chi connectivity index (χ1n) is 7.41. The van der Waals surface area contributed by atoms with Gasteiger partial charge < -0.3 is 20.1 Å². The van der Waals surface area contributed by atoms with Gasteiger partial charge in [-0.1, -0.05) is 30.7 Å². The van der Waals surface area contributed by atoms with E-state index in [4.69, 9.17) is 16.3 Å². The Bertz CT molecular complexity index is 404. The van der Waals surface area contributed by atoms with Gasteiger partial charge in [0.05, 0.1) is 12.7 Å². The van der Waals surface area contributed by atoms with Crippen molar-refractivity contribution in [1.29, 1.82) is 0 Å². The summed E-state index contributed by atoms with van der Waals surface area (Å²) in [6.45, 7) is 4.89. The monoisotopic (exact) mass is 314 g/mol. The molecule has 0 fully saturated rings. The van der Waals surface area contributed by atoms with Gasteiger partial charge in [-0.2, -0.15) is 0 Å². The van der Waals surface area contributed by atoms with Gasteiger partial charge in [-0.3, -0.25) is 0 Å². The number of benzene rings is 1. The number of rotatable bonds is 10. The quantitative estimate of drug-likeness (QED) is 0.696. The Kier molecular flexibility index (Phi) is 8.88. The van der Waals surface area contributed by atoms with E-state index < -0.39 is 6.10 Å². The molecule has 1 aromatic carbocycles. The third-order valence-corrected chi connectivity index (χ3v) is 3.62. The van der Waals surface area contributed by atoms with Crippen molar-refractivity contribution >= 4 is 11.6 Å². The molecule has 4 nitrogen and oxygen atoms in total. The van der Waals surface area contributed by atoms with E-state index in [-0.39, 0.29) is 6.04 Å². The molecular formula is C16H27ClN2O2. The third-order valence-electron chi connectivity index (χ3n) is 3.38. The summed E-state index contributed by atoms with van der Waals surface area (Å²) in [5, 5.41) is 14.0. The van der Waals surface area contributed by atoms with Crippen molar-refractivity contribution < 1.29 is 9.84 Å². The van der Waals surface area contributed by atoms with Crippen LogP contribution < -0.4 is 5.32 Å². The lowest BCUT2D eigenvalue weighted by Gasteiger charge is -2.24. The van der Waals surface area contributed by atoms with E-state index in [2.05, 4.69) is 23.2 Å². The van der Waals surface area contributed by atoms with Gasteiger partial charge in [0.1, 0.15) is 0 Å². The van der Waals surface area contributed by atoms with E-state index in [1.54, 1.807) is 7.11 Å². The second-order valence-electron chi connectivity index (χ2n) is 5.33. The molecule has 0 saturated carbocycles. The van der Waals surface area contributed by atoms with Crippen LogP contribution in [0.4, 0.5) is 0 Å². The van der Waals surface area contributed by atoms with Crippen LogP contribution in [0.5, 0.6) is 0 Å². The summed E-state index contributed by atoms with van der Waals surface area (Å²) >= 11 is 6.07. The highest BCUT2D eigenvalue weighted by atomic mass is 35.5. The Hall–Kier alpha value is -0.650. The van der Waals surface area contributed by atoms with Crippen molar-refractivity contribution in [1.82, 2.24) is 10.2 Å². The molecule has 2 atom stereocenters. The van der Waals surface area contributed by atoms with Gasteiger partial charge in [-0.15, -0.1) is 0 Å². The number of hydrogen-bond acceptors (Lipinski definition) is 4. The summed E-state index contributed by atoms with van der Waals surface area (Å²) in [5.41, 5.74) is 1.20. The SMILES string of the molecule is CCNC(CCN(C)CC(O)COC)c1cccc(Cl)c1. The molecule has 0 radical (unpaired) electrons. The zero-order chi connectivity index (χ0) is 15.7. The lowest BCUT2D eigenvalue weighted by atomic mass is 10.0. The second kappa shape index (κ2) is 10.1. The fourth-order valence-corrected chi connectivity index (χ4v) is 2.60. The molecule has 1 rings (SSSR count). The molecule has 2 N–H and O–H groups in total. The Morgan fingerprint density at radius 2 is 2.19 bits per heavy atom. The lowest BCUT2D eigenvalue weighted by Crippen LogP contribution is -2.34. The zero-order valence-electron chi connectivity index (χ0n) is 13.2. The number of aliphatic hydroxyl groups excluding tert-OH is 1. The van der Waals surface area contributed by atoms with Gasteiger partial charge in [0.2, 0.25) is 0 Å². The van der Waals surface area contributed by atoms with Crippen LogP contribution in [0, 0.1) is 0 Å². The van der Waals surface area contributed by atoms with Crippen LogP contribution in [0.2, 0.25) is 5.02 Å². The van der Waals surface area contributed by atoms with E-state index in [9.17, 15) is 5.11 Å². The van der Waals surface area contributed by atoms with E-state index in [0.29, 0.717) is 13.2 Å². The minimum Gasteiger partial charge on any atom is -0.389 e. The lowest BCUT2D eigenvalue weighted by molar-refractivity contribution is 0.0426. The van der Waals surface area contributed by atoms with Crippen molar-refractivity contribution in [3.8, 4) is 0 Å². The molecule has 0 saturated heterocycles. The summed E-state index contributed by atoms with van der Waals surface area (Å²) in [6.07, 6.45) is 0.522. The van der Waals surface area contributed by atoms with E-state index in [0.717, 1.165) is 24.5 Å². The minimum atomic E-state index is -0.441. The molecule has 2 unspecified atom stereocenters. The molecule has 120 valence electrons. The van der Waals surface area contributed by atoms with Crippen LogP contribution in [0.15, 0.2) is 24.3 Å². The van der Waals surface area contributed by atoms with Crippen molar-refractivity contribution in [2.24, 2.45) is 0 Å². The maximum atomic E-state index is 9.74. The van der Waals surface area contributed by atoms with Gasteiger partial charge in [-0.05, 0) is 44.3 Å². The predicted octanol–water partition coefficient (Wildman–Crippen LogP) is 2.32. The van der Waals surface area contributed by atoms with Gasteiger partial charge in [0.25, 0.3) is 0 Å². The highest BCUT2D eigenvalue weighted by molar-refractivity contribution is 6.30. The summed E-state index contributed by atoms with van der Waals surface area (Å²) in [4.78, 5) is 2.12. The molecule has 0 aliphatic rings. The van der Waals surface area contributed by atoms with Gasteiger partial charge in [-0.25, -0.2) is 0 Å². The molecule has 1 aromatic rings. The molecule has 5 heteroatoms. The first kappa shape index (κ1) is 18.4. The van der Waals surface area contributed by atoms with Crippen LogP contribution in [-0.4, -0.2) is 56.5 Å². The maximum absolute atomic E-state index is 9.74. The third kappa shape index (κ3) is 7.25. The standard InChI is InChI=1S/C16H27ClN2O2/c1-4-18-16(13-6-5-7-14(17)10-13)8-9-19(2)11-15(20)12-21-3/h5-7,10,15-16,18,20H,4,8-9,11-12H2,1-3H3. The summed E-state index contributed by atoms with van der Waals surface area (Å²) in [7, 11) is 3.61. The molecule has 0 aliphatic heterocycles. The van der Waals surface area contributed by atoms with E-state index in [1.165, 1.54) is 5.56 Å². The predicted molar refractivity (Wildman–Crippen MR) is 87.9 cm³/mol. The van der Waals surface area contributed by atoms with Crippen LogP contribution in [0.1, 0.15) is 24.9 Å². The Labute approximate surface area is 133 Å². The average Bonchev–Trinajstić information content (AvgIpc) is 2.43. The highest BCUT2D eigenvalue weighted by Crippen LogP contribution is 2.20. The fraction of sp³-hybridized carbons (Fsp3) is 0.625. The molecule has 0 amide bonds. The van der Waals surface area contributed by atoms with Crippen LogP contribution in [0.3, 0.4) is 0 Å². The highest BCUT2D eigenvalue weighted by Gasteiger charge is 2.13. The molecule has 0 aromatic heterocycles. The molecule has 0 aliphatic carbocycles. The second-order valence-corrected chi connectivity index (χ2v) is 5.76.